The quantitative estimate of drug-likeness (QED) is 0.202. The highest BCUT2D eigenvalue weighted by Gasteiger charge is 2.22. The molecule has 9 nitrogen and oxygen atoms in total. The number of rotatable bonds is 13. The van der Waals surface area contributed by atoms with Gasteiger partial charge in [-0.05, 0) is 13.0 Å². The molecule has 0 saturated heterocycles. The fourth-order valence-corrected chi connectivity index (χ4v) is 4.08. The van der Waals surface area contributed by atoms with E-state index in [9.17, 15) is 9.59 Å². The number of aryl methyl sites for hydroxylation is 1. The molecule has 1 aromatic heterocycles. The summed E-state index contributed by atoms with van der Waals surface area (Å²) >= 11 is 1.25. The van der Waals surface area contributed by atoms with E-state index in [1.54, 1.807) is 25.9 Å². The predicted molar refractivity (Wildman–Crippen MR) is 108 cm³/mol. The average molecular weight is 434 g/mol. The zero-order chi connectivity index (χ0) is 22.5. The van der Waals surface area contributed by atoms with Crippen LogP contribution >= 0.6 is 20.1 Å². The van der Waals surface area contributed by atoms with E-state index >= 15 is 0 Å². The van der Waals surface area contributed by atoms with E-state index in [4.69, 9.17) is 27.8 Å². The normalized spacial score (nSPS) is 16.2. The molecule has 156 valence electrons. The summed E-state index contributed by atoms with van der Waals surface area (Å²) in [6.07, 6.45) is 1.57. The Morgan fingerprint density at radius 3 is 2.96 bits per heavy atom. The summed E-state index contributed by atoms with van der Waals surface area (Å²) in [7, 11) is -2.70. The second-order valence-corrected chi connectivity index (χ2v) is 8.44. The van der Waals surface area contributed by atoms with Crippen LogP contribution in [0.1, 0.15) is 20.7 Å². The fourth-order valence-electron chi connectivity index (χ4n) is 1.99. The van der Waals surface area contributed by atoms with Crippen LogP contribution in [-0.4, -0.2) is 67.5 Å². The summed E-state index contributed by atoms with van der Waals surface area (Å²) in [6.45, 7) is 12.1. The lowest BCUT2D eigenvalue weighted by atomic mass is 10.4. The molecule has 1 heterocycles. The SMILES string of the molecule is [2H]C([3H])OCC(COP(C)OCC[N+]#[C-])SC(COC(C)=O)n1ccc(C)nc1=O. The third kappa shape index (κ3) is 9.62. The van der Waals surface area contributed by atoms with E-state index in [2.05, 4.69) is 9.83 Å². The van der Waals surface area contributed by atoms with Gasteiger partial charge in [0, 0.05) is 32.5 Å². The van der Waals surface area contributed by atoms with E-state index in [1.165, 1.54) is 23.3 Å². The molecule has 11 heteroatoms. The summed E-state index contributed by atoms with van der Waals surface area (Å²) in [5.41, 5.74) is 0.0782. The maximum absolute atomic E-state index is 12.3. The molecule has 1 aromatic rings. The Bertz CT molecular complexity index is 764. The Hall–Kier alpha value is -1.50. The molecule has 0 radical (unpaired) electrons. The monoisotopic (exact) mass is 434 g/mol. The van der Waals surface area contributed by atoms with Crippen molar-refractivity contribution in [3.05, 3.63) is 39.9 Å². The number of hydrogen-bond acceptors (Lipinski definition) is 8. The first-order valence-corrected chi connectivity index (χ1v) is 10.9. The number of esters is 1. The van der Waals surface area contributed by atoms with E-state index in [1.807, 2.05) is 0 Å². The van der Waals surface area contributed by atoms with Crippen LogP contribution in [0.2, 0.25) is 0 Å². The van der Waals surface area contributed by atoms with Gasteiger partial charge in [-0.3, -0.25) is 9.36 Å². The highest BCUT2D eigenvalue weighted by atomic mass is 32.2. The molecule has 0 spiro atoms. The first kappa shape index (κ1) is 21.2. The van der Waals surface area contributed by atoms with Crippen LogP contribution in [-0.2, 0) is 23.3 Å². The van der Waals surface area contributed by atoms with E-state index in [-0.39, 0.29) is 38.2 Å². The minimum absolute atomic E-state index is 0.0121. The molecule has 0 aliphatic heterocycles. The smallest absolute Gasteiger partial charge is 0.348 e. The molecule has 0 amide bonds. The van der Waals surface area contributed by atoms with Crippen LogP contribution in [0, 0.1) is 13.5 Å². The Balaban J connectivity index is 2.89. The second kappa shape index (κ2) is 13.6. The van der Waals surface area contributed by atoms with Gasteiger partial charge in [-0.15, -0.1) is 11.8 Å². The van der Waals surface area contributed by atoms with Crippen molar-refractivity contribution >= 4 is 26.1 Å². The Morgan fingerprint density at radius 1 is 1.54 bits per heavy atom. The van der Waals surface area contributed by atoms with Gasteiger partial charge in [0.25, 0.3) is 0 Å². The third-order valence-corrected chi connectivity index (χ3v) is 5.65. The molecule has 4 unspecified atom stereocenters. The molecular formula is C17H26N3O6PS. The molecular weight excluding hydrogens is 405 g/mol. The lowest BCUT2D eigenvalue weighted by molar-refractivity contribution is -0.141. The summed E-state index contributed by atoms with van der Waals surface area (Å²) in [6, 6.07) is 1.67. The molecule has 0 saturated carbocycles. The molecule has 0 N–H and O–H groups in total. The number of ether oxygens (including phenoxy) is 2. The minimum Gasteiger partial charge on any atom is -0.463 e. The maximum atomic E-state index is 12.3. The van der Waals surface area contributed by atoms with Crippen molar-refractivity contribution in [3.63, 3.8) is 0 Å². The average Bonchev–Trinajstić information content (AvgIpc) is 2.67. The third-order valence-electron chi connectivity index (χ3n) is 3.26. The molecule has 0 fully saturated rings. The number of methoxy groups -OCH3 is 1. The molecule has 0 aromatic carbocycles. The summed E-state index contributed by atoms with van der Waals surface area (Å²) in [4.78, 5) is 30.7. The number of aromatic nitrogens is 2. The van der Waals surface area contributed by atoms with E-state index in [0.29, 0.717) is 5.69 Å². The molecule has 1 rings (SSSR count). The molecule has 0 aliphatic carbocycles. The first-order chi connectivity index (χ1) is 14.2. The Morgan fingerprint density at radius 2 is 2.32 bits per heavy atom. The largest absolute Gasteiger partial charge is 0.463 e. The van der Waals surface area contributed by atoms with Crippen molar-refractivity contribution in [2.45, 2.75) is 24.5 Å². The fraction of sp³-hybridized carbons (Fsp3) is 0.647. The molecule has 0 bridgehead atoms. The predicted octanol–water partition coefficient (Wildman–Crippen LogP) is 2.26. The summed E-state index contributed by atoms with van der Waals surface area (Å²) in [5, 5.41) is -0.987. The van der Waals surface area contributed by atoms with Gasteiger partial charge in [0.15, 0.2) is 8.38 Å². The number of carbonyl (C=O) groups is 1. The van der Waals surface area contributed by atoms with Crippen LogP contribution < -0.4 is 5.69 Å². The highest BCUT2D eigenvalue weighted by Crippen LogP contribution is 2.36. The number of thioether (sulfide) groups is 1. The summed E-state index contributed by atoms with van der Waals surface area (Å²) < 4.78 is 37.2. The maximum Gasteiger partial charge on any atom is 0.348 e. The zero-order valence-electron chi connectivity index (χ0n) is 18.1. The van der Waals surface area contributed by atoms with Crippen LogP contribution in [0.4, 0.5) is 0 Å². The minimum atomic E-state index is -1.47. The van der Waals surface area contributed by atoms with Gasteiger partial charge >= 0.3 is 11.7 Å². The van der Waals surface area contributed by atoms with Crippen molar-refractivity contribution in [2.24, 2.45) is 0 Å². The van der Waals surface area contributed by atoms with Gasteiger partial charge in [0.2, 0.25) is 6.54 Å². The van der Waals surface area contributed by atoms with Crippen molar-refractivity contribution in [1.29, 1.82) is 0 Å². The van der Waals surface area contributed by atoms with Gasteiger partial charge in [-0.2, -0.15) is 4.98 Å². The van der Waals surface area contributed by atoms with E-state index < -0.39 is 32.5 Å². The highest BCUT2D eigenvalue weighted by molar-refractivity contribution is 8.00. The van der Waals surface area contributed by atoms with Crippen molar-refractivity contribution in [3.8, 4) is 0 Å². The van der Waals surface area contributed by atoms with Gasteiger partial charge in [-0.25, -0.2) is 11.4 Å². The number of nitrogens with zero attached hydrogens (tertiary/aromatic N) is 3. The number of hydrogen-bond donors (Lipinski definition) is 0. The van der Waals surface area contributed by atoms with Gasteiger partial charge in [0.1, 0.15) is 18.6 Å². The van der Waals surface area contributed by atoms with Crippen molar-refractivity contribution in [1.82, 2.24) is 9.55 Å². The van der Waals surface area contributed by atoms with Gasteiger partial charge in [-0.1, -0.05) is 0 Å². The van der Waals surface area contributed by atoms with Crippen LogP contribution in [0.5, 0.6) is 0 Å². The van der Waals surface area contributed by atoms with Gasteiger partial charge in [0.05, 0.1) is 21.2 Å². The second-order valence-electron chi connectivity index (χ2n) is 5.56. The Kier molecular flexibility index (Phi) is 10.3. The van der Waals surface area contributed by atoms with Crippen LogP contribution in [0.3, 0.4) is 0 Å². The lowest BCUT2D eigenvalue weighted by Crippen LogP contribution is -2.31. The lowest BCUT2D eigenvalue weighted by Gasteiger charge is -2.25. The van der Waals surface area contributed by atoms with Crippen molar-refractivity contribution < 1.29 is 26.1 Å². The summed E-state index contributed by atoms with van der Waals surface area (Å²) in [5.74, 6) is -0.486. The zero-order valence-corrected chi connectivity index (χ0v) is 17.8. The molecule has 0 aliphatic rings. The standard InChI is InChI=1S/C17H26N3O6PS/c1-13-6-8-20(17(22)19-13)16(12-24-14(2)21)28-15(10-23-4)11-26-27(5)25-9-7-18-3/h6,8,15-16H,7,9-12H2,1-2,4-5H3/i4TD. The van der Waals surface area contributed by atoms with Gasteiger partial charge < -0.3 is 23.4 Å². The van der Waals surface area contributed by atoms with Crippen molar-refractivity contribution in [2.75, 3.05) is 46.7 Å². The van der Waals surface area contributed by atoms with Crippen LogP contribution in [0.25, 0.3) is 4.85 Å². The molecule has 28 heavy (non-hydrogen) atoms. The molecule has 4 atom stereocenters. The number of carbonyl (C=O) groups excluding carboxylic acids is 1. The Labute approximate surface area is 173 Å². The topological polar surface area (TPSA) is 93.2 Å². The first-order valence-electron chi connectivity index (χ1n) is 9.52. The van der Waals surface area contributed by atoms with E-state index in [0.717, 1.165) is 0 Å². The van der Waals surface area contributed by atoms with Crippen LogP contribution in [0.15, 0.2) is 17.1 Å².